The van der Waals surface area contributed by atoms with E-state index in [-0.39, 0.29) is 0 Å². The number of rotatable bonds is 2. The normalized spacial score (nSPS) is 15.9. The fraction of sp³-hybridized carbons (Fsp3) is 0.800. The Balaban J connectivity index is 2.63. The SMILES string of the molecule is CCOC(=O)N1CCCCN1C(=O)OCC. The second-order valence-electron chi connectivity index (χ2n) is 3.35. The van der Waals surface area contributed by atoms with Crippen LogP contribution in [0.1, 0.15) is 26.7 Å². The molecule has 1 saturated heterocycles. The zero-order chi connectivity index (χ0) is 12.0. The summed E-state index contributed by atoms with van der Waals surface area (Å²) in [4.78, 5) is 23.1. The maximum Gasteiger partial charge on any atom is 0.428 e. The summed E-state index contributed by atoms with van der Waals surface area (Å²) in [6.45, 7) is 5.06. The first kappa shape index (κ1) is 12.6. The van der Waals surface area contributed by atoms with E-state index in [1.165, 1.54) is 10.0 Å². The van der Waals surface area contributed by atoms with Crippen LogP contribution in [0.3, 0.4) is 0 Å². The second kappa shape index (κ2) is 6.19. The largest absolute Gasteiger partial charge is 0.448 e. The minimum atomic E-state index is -0.491. The number of ether oxygens (including phenoxy) is 2. The quantitative estimate of drug-likeness (QED) is 0.723. The van der Waals surface area contributed by atoms with Crippen LogP contribution in [-0.4, -0.2) is 48.5 Å². The van der Waals surface area contributed by atoms with E-state index in [0.29, 0.717) is 26.3 Å². The molecule has 0 aliphatic carbocycles. The third-order valence-electron chi connectivity index (χ3n) is 2.24. The van der Waals surface area contributed by atoms with Gasteiger partial charge in [0.05, 0.1) is 13.2 Å². The van der Waals surface area contributed by atoms with Crippen LogP contribution < -0.4 is 0 Å². The van der Waals surface area contributed by atoms with Gasteiger partial charge in [0.25, 0.3) is 0 Å². The number of hydrogen-bond donors (Lipinski definition) is 0. The molecule has 0 aromatic heterocycles. The van der Waals surface area contributed by atoms with Crippen LogP contribution >= 0.6 is 0 Å². The van der Waals surface area contributed by atoms with Gasteiger partial charge >= 0.3 is 12.2 Å². The van der Waals surface area contributed by atoms with Crippen molar-refractivity contribution in [2.24, 2.45) is 0 Å². The van der Waals surface area contributed by atoms with Crippen LogP contribution in [0, 0.1) is 0 Å². The number of amides is 2. The molecule has 6 nitrogen and oxygen atoms in total. The van der Waals surface area contributed by atoms with Crippen LogP contribution in [0.5, 0.6) is 0 Å². The Labute approximate surface area is 95.1 Å². The summed E-state index contributed by atoms with van der Waals surface area (Å²) >= 11 is 0. The molecule has 1 aliphatic heterocycles. The Morgan fingerprint density at radius 2 is 1.31 bits per heavy atom. The fourth-order valence-electron chi connectivity index (χ4n) is 1.54. The third kappa shape index (κ3) is 3.01. The average molecular weight is 230 g/mol. The first-order valence-electron chi connectivity index (χ1n) is 5.59. The van der Waals surface area contributed by atoms with Crippen molar-refractivity contribution in [1.82, 2.24) is 10.0 Å². The maximum absolute atomic E-state index is 11.6. The molecule has 0 atom stereocenters. The summed E-state index contributed by atoms with van der Waals surface area (Å²) in [6, 6.07) is 0. The molecule has 1 heterocycles. The summed E-state index contributed by atoms with van der Waals surface area (Å²) in [6.07, 6.45) is 0.759. The second-order valence-corrected chi connectivity index (χ2v) is 3.35. The van der Waals surface area contributed by atoms with Crippen molar-refractivity contribution in [2.75, 3.05) is 26.3 Å². The van der Waals surface area contributed by atoms with Gasteiger partial charge in [-0.05, 0) is 26.7 Å². The lowest BCUT2D eigenvalue weighted by Gasteiger charge is -2.36. The minimum Gasteiger partial charge on any atom is -0.448 e. The molecule has 2 amide bonds. The molecule has 0 bridgehead atoms. The lowest BCUT2D eigenvalue weighted by Crippen LogP contribution is -2.53. The molecule has 6 heteroatoms. The van der Waals surface area contributed by atoms with Gasteiger partial charge < -0.3 is 9.47 Å². The summed E-state index contributed by atoms with van der Waals surface area (Å²) in [5.74, 6) is 0. The van der Waals surface area contributed by atoms with Crippen LogP contribution in [-0.2, 0) is 9.47 Å². The lowest BCUT2D eigenvalue weighted by molar-refractivity contribution is -0.0357. The van der Waals surface area contributed by atoms with E-state index in [4.69, 9.17) is 9.47 Å². The molecule has 92 valence electrons. The Morgan fingerprint density at radius 3 is 1.62 bits per heavy atom. The molecule has 0 aromatic carbocycles. The van der Waals surface area contributed by atoms with E-state index >= 15 is 0 Å². The molecule has 0 radical (unpaired) electrons. The van der Waals surface area contributed by atoms with E-state index in [1.54, 1.807) is 13.8 Å². The highest BCUT2D eigenvalue weighted by Gasteiger charge is 2.30. The van der Waals surface area contributed by atoms with Crippen LogP contribution in [0.4, 0.5) is 9.59 Å². The molecule has 0 unspecified atom stereocenters. The van der Waals surface area contributed by atoms with E-state index in [1.807, 2.05) is 0 Å². The van der Waals surface area contributed by atoms with Gasteiger partial charge in [-0.3, -0.25) is 0 Å². The number of carbonyl (C=O) groups is 2. The van der Waals surface area contributed by atoms with Gasteiger partial charge in [0, 0.05) is 13.1 Å². The summed E-state index contributed by atoms with van der Waals surface area (Å²) in [7, 11) is 0. The number of carbonyl (C=O) groups excluding carboxylic acids is 2. The minimum absolute atomic E-state index is 0.298. The summed E-state index contributed by atoms with van der Waals surface area (Å²) in [5, 5.41) is 2.62. The van der Waals surface area contributed by atoms with Gasteiger partial charge in [-0.25, -0.2) is 19.6 Å². The van der Waals surface area contributed by atoms with Crippen molar-refractivity contribution in [1.29, 1.82) is 0 Å². The van der Waals surface area contributed by atoms with Crippen LogP contribution in [0.25, 0.3) is 0 Å². The number of nitrogens with zero attached hydrogens (tertiary/aromatic N) is 2. The van der Waals surface area contributed by atoms with E-state index in [2.05, 4.69) is 0 Å². The highest BCUT2D eigenvalue weighted by atomic mass is 16.6. The van der Waals surface area contributed by atoms with Gasteiger partial charge in [0.15, 0.2) is 0 Å². The van der Waals surface area contributed by atoms with Crippen molar-refractivity contribution in [3.63, 3.8) is 0 Å². The zero-order valence-corrected chi connectivity index (χ0v) is 9.77. The Morgan fingerprint density at radius 1 is 0.938 bits per heavy atom. The van der Waals surface area contributed by atoms with E-state index in [9.17, 15) is 9.59 Å². The molecule has 1 aliphatic rings. The van der Waals surface area contributed by atoms with Gasteiger partial charge in [0.1, 0.15) is 0 Å². The topological polar surface area (TPSA) is 59.1 Å². The van der Waals surface area contributed by atoms with Gasteiger partial charge in [0.2, 0.25) is 0 Å². The highest BCUT2D eigenvalue weighted by Crippen LogP contribution is 2.13. The van der Waals surface area contributed by atoms with Crippen molar-refractivity contribution in [3.8, 4) is 0 Å². The lowest BCUT2D eigenvalue weighted by atomic mass is 10.2. The molecule has 16 heavy (non-hydrogen) atoms. The van der Waals surface area contributed by atoms with Gasteiger partial charge in [-0.1, -0.05) is 0 Å². The first-order chi connectivity index (χ1) is 7.70. The smallest absolute Gasteiger partial charge is 0.428 e. The zero-order valence-electron chi connectivity index (χ0n) is 9.77. The maximum atomic E-state index is 11.6. The monoisotopic (exact) mass is 230 g/mol. The molecule has 1 fully saturated rings. The molecule has 0 N–H and O–H groups in total. The molecular weight excluding hydrogens is 212 g/mol. The van der Waals surface area contributed by atoms with E-state index < -0.39 is 12.2 Å². The number of hydrazine groups is 1. The van der Waals surface area contributed by atoms with Crippen molar-refractivity contribution >= 4 is 12.2 Å². The Hall–Kier alpha value is -1.46. The molecule has 1 rings (SSSR count). The van der Waals surface area contributed by atoms with Crippen molar-refractivity contribution in [2.45, 2.75) is 26.7 Å². The Kier molecular flexibility index (Phi) is 4.88. The predicted molar refractivity (Wildman–Crippen MR) is 56.7 cm³/mol. The predicted octanol–water partition coefficient (Wildman–Crippen LogP) is 1.61. The fourth-order valence-corrected chi connectivity index (χ4v) is 1.54. The van der Waals surface area contributed by atoms with Gasteiger partial charge in [-0.15, -0.1) is 0 Å². The highest BCUT2D eigenvalue weighted by molar-refractivity contribution is 5.74. The number of hydrogen-bond acceptors (Lipinski definition) is 4. The molecule has 0 saturated carbocycles. The third-order valence-corrected chi connectivity index (χ3v) is 2.24. The van der Waals surface area contributed by atoms with Gasteiger partial charge in [-0.2, -0.15) is 0 Å². The summed E-state index contributed by atoms with van der Waals surface area (Å²) < 4.78 is 9.75. The molecular formula is C10H18N2O4. The van der Waals surface area contributed by atoms with Crippen LogP contribution in [0.15, 0.2) is 0 Å². The van der Waals surface area contributed by atoms with Crippen molar-refractivity contribution in [3.05, 3.63) is 0 Å². The Bertz CT molecular complexity index is 231. The molecule has 0 aromatic rings. The van der Waals surface area contributed by atoms with E-state index in [0.717, 1.165) is 12.8 Å². The summed E-state index contributed by atoms with van der Waals surface area (Å²) in [5.41, 5.74) is 0. The van der Waals surface area contributed by atoms with Crippen LogP contribution in [0.2, 0.25) is 0 Å². The first-order valence-corrected chi connectivity index (χ1v) is 5.59. The molecule has 0 spiro atoms. The van der Waals surface area contributed by atoms with Crippen molar-refractivity contribution < 1.29 is 19.1 Å². The standard InChI is InChI=1S/C10H18N2O4/c1-3-15-9(13)11-7-5-6-8-12(11)10(14)16-4-2/h3-8H2,1-2H3. The average Bonchev–Trinajstić information content (AvgIpc) is 2.30.